The van der Waals surface area contributed by atoms with Crippen molar-refractivity contribution < 1.29 is 15.3 Å². The van der Waals surface area contributed by atoms with Gasteiger partial charge in [0.2, 0.25) is 0 Å². The third-order valence-electron chi connectivity index (χ3n) is 3.93. The number of rotatable bonds is 12. The van der Waals surface area contributed by atoms with Crippen LogP contribution in [0.3, 0.4) is 0 Å². The predicted molar refractivity (Wildman–Crippen MR) is 78.9 cm³/mol. The van der Waals surface area contributed by atoms with Gasteiger partial charge in [0, 0.05) is 0 Å². The van der Waals surface area contributed by atoms with Crippen LogP contribution in [0.5, 0.6) is 0 Å². The van der Waals surface area contributed by atoms with E-state index in [0.717, 1.165) is 44.9 Å². The van der Waals surface area contributed by atoms with E-state index in [1.54, 1.807) is 0 Å². The second kappa shape index (κ2) is 10.6. The normalized spacial score (nSPS) is 18.0. The van der Waals surface area contributed by atoms with Crippen molar-refractivity contribution in [2.24, 2.45) is 5.73 Å². The van der Waals surface area contributed by atoms with Crippen molar-refractivity contribution in [3.63, 3.8) is 0 Å². The molecular weight excluding hydrogens is 242 g/mol. The Morgan fingerprint density at radius 2 is 1.58 bits per heavy atom. The zero-order chi connectivity index (χ0) is 14.7. The van der Waals surface area contributed by atoms with Crippen LogP contribution >= 0.6 is 0 Å². The number of hydrogen-bond acceptors (Lipinski definition) is 4. The molecule has 19 heavy (non-hydrogen) atoms. The van der Waals surface area contributed by atoms with Gasteiger partial charge in [-0.2, -0.15) is 0 Å². The number of aliphatic hydroxyl groups excluding tert-OH is 2. The molecule has 3 atom stereocenters. The maximum absolute atomic E-state index is 9.84. The number of nitrogens with two attached hydrogens (primary N) is 1. The summed E-state index contributed by atoms with van der Waals surface area (Å²) in [6.07, 6.45) is 8.44. The molecule has 5 N–H and O–H groups in total. The monoisotopic (exact) mass is 275 g/mol. The molecule has 0 bridgehead atoms. The molecule has 0 fully saturated rings. The van der Waals surface area contributed by atoms with Gasteiger partial charge in [-0.25, -0.2) is 0 Å². The molecular formula is C15H33NO3. The van der Waals surface area contributed by atoms with Crippen molar-refractivity contribution in [2.45, 2.75) is 89.4 Å². The highest BCUT2D eigenvalue weighted by Crippen LogP contribution is 2.18. The van der Waals surface area contributed by atoms with Crippen LogP contribution in [-0.4, -0.2) is 39.7 Å². The van der Waals surface area contributed by atoms with Crippen molar-refractivity contribution in [1.82, 2.24) is 0 Å². The second-order valence-electron chi connectivity index (χ2n) is 5.92. The van der Waals surface area contributed by atoms with Gasteiger partial charge in [-0.05, 0) is 26.2 Å². The van der Waals surface area contributed by atoms with E-state index in [0.29, 0.717) is 6.42 Å². The summed E-state index contributed by atoms with van der Waals surface area (Å²) in [5.41, 5.74) is 5.03. The Bertz CT molecular complexity index is 210. The molecule has 0 amide bonds. The summed E-state index contributed by atoms with van der Waals surface area (Å²) >= 11 is 0. The molecule has 3 unspecified atom stereocenters. The lowest BCUT2D eigenvalue weighted by Crippen LogP contribution is -2.37. The van der Waals surface area contributed by atoms with Crippen molar-refractivity contribution in [3.05, 3.63) is 0 Å². The molecule has 0 saturated carbocycles. The lowest BCUT2D eigenvalue weighted by molar-refractivity contribution is 0.0442. The Balaban J connectivity index is 3.32. The van der Waals surface area contributed by atoms with E-state index < -0.39 is 17.7 Å². The summed E-state index contributed by atoms with van der Waals surface area (Å²) in [6.45, 7) is 3.76. The summed E-state index contributed by atoms with van der Waals surface area (Å²) in [7, 11) is 0. The fraction of sp³-hybridized carbons (Fsp3) is 1.00. The van der Waals surface area contributed by atoms with E-state index in [1.807, 2.05) is 13.8 Å². The summed E-state index contributed by atoms with van der Waals surface area (Å²) in [5, 5.41) is 28.2. The Hall–Kier alpha value is -0.160. The fourth-order valence-corrected chi connectivity index (χ4v) is 2.08. The molecule has 0 aromatic carbocycles. The third-order valence-corrected chi connectivity index (χ3v) is 3.93. The first kappa shape index (κ1) is 18.8. The lowest BCUT2D eigenvalue weighted by Gasteiger charge is -2.20. The Kier molecular flexibility index (Phi) is 10.5. The summed E-state index contributed by atoms with van der Waals surface area (Å²) in [5.74, 6) is 0. The first-order valence-corrected chi connectivity index (χ1v) is 7.70. The van der Waals surface area contributed by atoms with Gasteiger partial charge in [0.25, 0.3) is 0 Å². The van der Waals surface area contributed by atoms with E-state index in [2.05, 4.69) is 0 Å². The van der Waals surface area contributed by atoms with Gasteiger partial charge < -0.3 is 21.1 Å². The molecule has 0 aliphatic rings. The third kappa shape index (κ3) is 10.3. The zero-order valence-electron chi connectivity index (χ0n) is 12.6. The van der Waals surface area contributed by atoms with E-state index in [1.165, 1.54) is 6.42 Å². The van der Waals surface area contributed by atoms with Gasteiger partial charge in [0.05, 0.1) is 24.4 Å². The van der Waals surface area contributed by atoms with Crippen LogP contribution in [0.4, 0.5) is 0 Å². The standard InChI is InChI=1S/C15H33NO3/c1-3-15(2,19)11-9-7-5-4-6-8-10-14(18)13(16)12-17/h13-14,17-19H,3-12,16H2,1-2H3. The zero-order valence-corrected chi connectivity index (χ0v) is 12.6. The highest BCUT2D eigenvalue weighted by molar-refractivity contribution is 4.71. The average Bonchev–Trinajstić information content (AvgIpc) is 2.40. The maximum atomic E-state index is 9.84. The van der Waals surface area contributed by atoms with Crippen LogP contribution in [0.1, 0.15) is 71.6 Å². The van der Waals surface area contributed by atoms with Crippen LogP contribution in [0, 0.1) is 0 Å². The van der Waals surface area contributed by atoms with Gasteiger partial charge >= 0.3 is 0 Å². The quantitative estimate of drug-likeness (QED) is 0.410. The van der Waals surface area contributed by atoms with E-state index >= 15 is 0 Å². The molecule has 0 spiro atoms. The lowest BCUT2D eigenvalue weighted by atomic mass is 9.95. The minimum Gasteiger partial charge on any atom is -0.395 e. The smallest absolute Gasteiger partial charge is 0.0713 e. The molecule has 0 aromatic rings. The predicted octanol–water partition coefficient (Wildman–Crippen LogP) is 1.95. The Labute approximate surface area is 118 Å². The molecule has 0 saturated heterocycles. The van der Waals surface area contributed by atoms with Crippen molar-refractivity contribution in [1.29, 1.82) is 0 Å². The molecule has 116 valence electrons. The van der Waals surface area contributed by atoms with Crippen LogP contribution in [0.15, 0.2) is 0 Å². The van der Waals surface area contributed by atoms with Crippen LogP contribution in [0.2, 0.25) is 0 Å². The highest BCUT2D eigenvalue weighted by atomic mass is 16.3. The van der Waals surface area contributed by atoms with E-state index in [-0.39, 0.29) is 6.61 Å². The van der Waals surface area contributed by atoms with E-state index in [9.17, 15) is 10.2 Å². The SMILES string of the molecule is CCC(C)(O)CCCCCCCCC(O)C(N)CO. The van der Waals surface area contributed by atoms with Crippen molar-refractivity contribution in [3.8, 4) is 0 Å². The maximum Gasteiger partial charge on any atom is 0.0713 e. The van der Waals surface area contributed by atoms with Gasteiger partial charge in [-0.1, -0.05) is 45.4 Å². The van der Waals surface area contributed by atoms with Crippen LogP contribution in [-0.2, 0) is 0 Å². The van der Waals surface area contributed by atoms with Crippen molar-refractivity contribution in [2.75, 3.05) is 6.61 Å². The van der Waals surface area contributed by atoms with Crippen LogP contribution < -0.4 is 5.73 Å². The molecule has 0 radical (unpaired) electrons. The summed E-state index contributed by atoms with van der Waals surface area (Å²) < 4.78 is 0. The molecule has 0 heterocycles. The number of unbranched alkanes of at least 4 members (excludes halogenated alkanes) is 5. The largest absolute Gasteiger partial charge is 0.395 e. The number of hydrogen-bond donors (Lipinski definition) is 4. The van der Waals surface area contributed by atoms with Crippen LogP contribution in [0.25, 0.3) is 0 Å². The topological polar surface area (TPSA) is 86.7 Å². The minimum absolute atomic E-state index is 0.154. The van der Waals surface area contributed by atoms with Gasteiger partial charge in [0.15, 0.2) is 0 Å². The second-order valence-corrected chi connectivity index (χ2v) is 5.92. The molecule has 0 aliphatic carbocycles. The molecule has 4 nitrogen and oxygen atoms in total. The molecule has 4 heteroatoms. The summed E-state index contributed by atoms with van der Waals surface area (Å²) in [6, 6.07) is -0.503. The Morgan fingerprint density at radius 3 is 2.11 bits per heavy atom. The first-order chi connectivity index (χ1) is 8.93. The summed E-state index contributed by atoms with van der Waals surface area (Å²) in [4.78, 5) is 0. The fourth-order valence-electron chi connectivity index (χ4n) is 2.08. The average molecular weight is 275 g/mol. The van der Waals surface area contributed by atoms with Gasteiger partial charge in [-0.3, -0.25) is 0 Å². The number of aliphatic hydroxyl groups is 3. The molecule has 0 rings (SSSR count). The molecule has 0 aromatic heterocycles. The van der Waals surface area contributed by atoms with E-state index in [4.69, 9.17) is 10.8 Å². The highest BCUT2D eigenvalue weighted by Gasteiger charge is 2.16. The first-order valence-electron chi connectivity index (χ1n) is 7.70. The molecule has 0 aliphatic heterocycles. The minimum atomic E-state index is -0.579. The van der Waals surface area contributed by atoms with Gasteiger partial charge in [0.1, 0.15) is 0 Å². The van der Waals surface area contributed by atoms with Gasteiger partial charge in [-0.15, -0.1) is 0 Å². The van der Waals surface area contributed by atoms with Crippen molar-refractivity contribution >= 4 is 0 Å². The Morgan fingerprint density at radius 1 is 1.05 bits per heavy atom.